The molecular formula is C13H25N5. The lowest BCUT2D eigenvalue weighted by Crippen LogP contribution is -2.39. The van der Waals surface area contributed by atoms with Crippen molar-refractivity contribution in [1.82, 2.24) is 14.7 Å². The van der Waals surface area contributed by atoms with Crippen LogP contribution in [0.25, 0.3) is 0 Å². The number of hydrogen-bond acceptors (Lipinski definition) is 4. The number of nitrogens with zero attached hydrogens (tertiary/aromatic N) is 4. The molecule has 1 fully saturated rings. The van der Waals surface area contributed by atoms with Crippen LogP contribution < -0.4 is 10.6 Å². The number of nitrogen functional groups attached to an aromatic ring is 1. The Hall–Kier alpha value is -1.23. The quantitative estimate of drug-likeness (QED) is 0.877. The van der Waals surface area contributed by atoms with Gasteiger partial charge in [0.1, 0.15) is 0 Å². The summed E-state index contributed by atoms with van der Waals surface area (Å²) in [6.45, 7) is 7.15. The van der Waals surface area contributed by atoms with Crippen LogP contribution in [-0.4, -0.2) is 47.9 Å². The van der Waals surface area contributed by atoms with E-state index in [1.165, 1.54) is 12.8 Å². The Bertz CT molecular complexity index is 410. The third-order valence-electron chi connectivity index (χ3n) is 3.67. The summed E-state index contributed by atoms with van der Waals surface area (Å²) in [5, 5.41) is 4.52. The molecule has 0 bridgehead atoms. The van der Waals surface area contributed by atoms with Crippen LogP contribution in [0, 0.1) is 6.92 Å². The predicted molar refractivity (Wildman–Crippen MR) is 76.0 cm³/mol. The molecule has 1 unspecified atom stereocenters. The van der Waals surface area contributed by atoms with Crippen LogP contribution in [0.5, 0.6) is 0 Å². The Morgan fingerprint density at radius 3 is 2.78 bits per heavy atom. The minimum atomic E-state index is 0.559. The van der Waals surface area contributed by atoms with Crippen LogP contribution in [0.4, 0.5) is 11.5 Å². The van der Waals surface area contributed by atoms with Crippen molar-refractivity contribution in [3.8, 4) is 0 Å². The van der Waals surface area contributed by atoms with Crippen LogP contribution in [0.3, 0.4) is 0 Å². The molecule has 5 nitrogen and oxygen atoms in total. The standard InChI is InChI=1S/C13H25N5/c1-5-18-13(12(14)10(2)15-18)17-8-6-7-11(17)9-16(3)4/h11H,5-9,14H2,1-4H3. The third-order valence-corrected chi connectivity index (χ3v) is 3.67. The van der Waals surface area contributed by atoms with E-state index in [4.69, 9.17) is 5.73 Å². The molecule has 1 aromatic rings. The van der Waals surface area contributed by atoms with E-state index in [1.54, 1.807) is 0 Å². The summed E-state index contributed by atoms with van der Waals surface area (Å²) in [4.78, 5) is 4.69. The minimum Gasteiger partial charge on any atom is -0.394 e. The van der Waals surface area contributed by atoms with Gasteiger partial charge in [0.05, 0.1) is 11.4 Å². The zero-order valence-electron chi connectivity index (χ0n) is 12.0. The summed E-state index contributed by atoms with van der Waals surface area (Å²) in [6.07, 6.45) is 2.48. The molecule has 1 aliphatic heterocycles. The highest BCUT2D eigenvalue weighted by atomic mass is 15.4. The second kappa shape index (κ2) is 5.18. The van der Waals surface area contributed by atoms with Gasteiger partial charge in [-0.3, -0.25) is 0 Å². The molecule has 5 heteroatoms. The zero-order valence-corrected chi connectivity index (χ0v) is 12.0. The van der Waals surface area contributed by atoms with Gasteiger partial charge in [0.15, 0.2) is 5.82 Å². The van der Waals surface area contributed by atoms with E-state index in [1.807, 2.05) is 11.6 Å². The lowest BCUT2D eigenvalue weighted by atomic mass is 10.2. The first-order valence-corrected chi connectivity index (χ1v) is 6.78. The van der Waals surface area contributed by atoms with Crippen LogP contribution in [0.2, 0.25) is 0 Å². The molecule has 0 radical (unpaired) electrons. The Balaban J connectivity index is 2.29. The molecule has 2 heterocycles. The first kappa shape index (κ1) is 13.2. The number of anilines is 2. The van der Waals surface area contributed by atoms with E-state index in [-0.39, 0.29) is 0 Å². The van der Waals surface area contributed by atoms with Gasteiger partial charge in [0.2, 0.25) is 0 Å². The molecule has 2 rings (SSSR count). The van der Waals surface area contributed by atoms with Gasteiger partial charge in [0.25, 0.3) is 0 Å². The van der Waals surface area contributed by atoms with Crippen molar-refractivity contribution in [2.75, 3.05) is 37.8 Å². The van der Waals surface area contributed by atoms with E-state index < -0.39 is 0 Å². The summed E-state index contributed by atoms with van der Waals surface area (Å²) >= 11 is 0. The van der Waals surface area contributed by atoms with Crippen LogP contribution >= 0.6 is 0 Å². The first-order chi connectivity index (χ1) is 8.54. The van der Waals surface area contributed by atoms with Gasteiger partial charge in [-0.05, 0) is 40.8 Å². The smallest absolute Gasteiger partial charge is 0.150 e. The molecule has 1 atom stereocenters. The summed E-state index contributed by atoms with van der Waals surface area (Å²) in [6, 6.07) is 0.559. The lowest BCUT2D eigenvalue weighted by Gasteiger charge is -2.29. The number of aromatic nitrogens is 2. The average Bonchev–Trinajstić information content (AvgIpc) is 2.84. The topological polar surface area (TPSA) is 50.3 Å². The van der Waals surface area contributed by atoms with Crippen molar-refractivity contribution < 1.29 is 0 Å². The maximum Gasteiger partial charge on any atom is 0.150 e. The minimum absolute atomic E-state index is 0.559. The van der Waals surface area contributed by atoms with Crippen molar-refractivity contribution in [3.63, 3.8) is 0 Å². The Morgan fingerprint density at radius 1 is 1.44 bits per heavy atom. The predicted octanol–water partition coefficient (Wildman–Crippen LogP) is 1.32. The van der Waals surface area contributed by atoms with E-state index in [9.17, 15) is 0 Å². The molecular weight excluding hydrogens is 226 g/mol. The number of aryl methyl sites for hydroxylation is 2. The van der Waals surface area contributed by atoms with Crippen LogP contribution in [0.15, 0.2) is 0 Å². The molecule has 0 aliphatic carbocycles. The maximum absolute atomic E-state index is 6.21. The molecule has 0 spiro atoms. The van der Waals surface area contributed by atoms with Gasteiger partial charge in [-0.1, -0.05) is 0 Å². The van der Waals surface area contributed by atoms with E-state index >= 15 is 0 Å². The highest BCUT2D eigenvalue weighted by Crippen LogP contribution is 2.32. The fourth-order valence-electron chi connectivity index (χ4n) is 2.83. The molecule has 1 aliphatic rings. The Morgan fingerprint density at radius 2 is 2.17 bits per heavy atom. The summed E-state index contributed by atoms with van der Waals surface area (Å²) in [5.74, 6) is 1.12. The summed E-state index contributed by atoms with van der Waals surface area (Å²) < 4.78 is 2.04. The van der Waals surface area contributed by atoms with Gasteiger partial charge in [-0.15, -0.1) is 0 Å². The van der Waals surface area contributed by atoms with Gasteiger partial charge in [-0.2, -0.15) is 5.10 Å². The van der Waals surface area contributed by atoms with Gasteiger partial charge in [0, 0.05) is 25.7 Å². The fourth-order valence-corrected chi connectivity index (χ4v) is 2.83. The second-order valence-electron chi connectivity index (χ2n) is 5.39. The van der Waals surface area contributed by atoms with Gasteiger partial charge < -0.3 is 15.5 Å². The van der Waals surface area contributed by atoms with Crippen molar-refractivity contribution in [3.05, 3.63) is 5.69 Å². The SMILES string of the molecule is CCn1nc(C)c(N)c1N1CCCC1CN(C)C. The summed E-state index contributed by atoms with van der Waals surface area (Å²) in [5.41, 5.74) is 8.01. The monoisotopic (exact) mass is 251 g/mol. The average molecular weight is 251 g/mol. The molecule has 0 saturated carbocycles. The maximum atomic E-state index is 6.21. The molecule has 0 amide bonds. The van der Waals surface area contributed by atoms with Crippen molar-refractivity contribution >= 4 is 11.5 Å². The molecule has 2 N–H and O–H groups in total. The highest BCUT2D eigenvalue weighted by Gasteiger charge is 2.29. The molecule has 1 aromatic heterocycles. The first-order valence-electron chi connectivity index (χ1n) is 6.78. The zero-order chi connectivity index (χ0) is 13.3. The molecule has 18 heavy (non-hydrogen) atoms. The molecule has 1 saturated heterocycles. The molecule has 102 valence electrons. The van der Waals surface area contributed by atoms with E-state index in [0.29, 0.717) is 6.04 Å². The highest BCUT2D eigenvalue weighted by molar-refractivity contribution is 5.67. The Labute approximate surface area is 110 Å². The normalized spacial score (nSPS) is 20.1. The number of nitrogens with two attached hydrogens (primary N) is 1. The van der Waals surface area contributed by atoms with Crippen molar-refractivity contribution in [1.29, 1.82) is 0 Å². The van der Waals surface area contributed by atoms with Crippen molar-refractivity contribution in [2.45, 2.75) is 39.3 Å². The number of rotatable bonds is 4. The Kier molecular flexibility index (Phi) is 3.80. The second-order valence-corrected chi connectivity index (χ2v) is 5.39. The lowest BCUT2D eigenvalue weighted by molar-refractivity contribution is 0.370. The number of hydrogen-bond donors (Lipinski definition) is 1. The third kappa shape index (κ3) is 2.32. The van der Waals surface area contributed by atoms with Crippen LogP contribution in [0.1, 0.15) is 25.5 Å². The van der Waals surface area contributed by atoms with E-state index in [0.717, 1.165) is 36.8 Å². The summed E-state index contributed by atoms with van der Waals surface area (Å²) in [7, 11) is 4.25. The fraction of sp³-hybridized carbons (Fsp3) is 0.769. The largest absolute Gasteiger partial charge is 0.394 e. The van der Waals surface area contributed by atoms with Crippen LogP contribution in [-0.2, 0) is 6.54 Å². The van der Waals surface area contributed by atoms with E-state index in [2.05, 4.69) is 35.9 Å². The molecule has 0 aromatic carbocycles. The van der Waals surface area contributed by atoms with Gasteiger partial charge >= 0.3 is 0 Å². The van der Waals surface area contributed by atoms with Crippen molar-refractivity contribution in [2.24, 2.45) is 0 Å². The van der Waals surface area contributed by atoms with Gasteiger partial charge in [-0.25, -0.2) is 4.68 Å². The number of likely N-dealkylation sites (N-methyl/N-ethyl adjacent to an activating group) is 1.